The summed E-state index contributed by atoms with van der Waals surface area (Å²) in [6, 6.07) is 9.96. The molecule has 118 valence electrons. The van der Waals surface area contributed by atoms with Gasteiger partial charge in [0, 0.05) is 23.0 Å². The topological polar surface area (TPSA) is 62.0 Å². The van der Waals surface area contributed by atoms with Gasteiger partial charge >= 0.3 is 0 Å². The molecule has 2 N–H and O–H groups in total. The molecule has 23 heavy (non-hydrogen) atoms. The van der Waals surface area contributed by atoms with E-state index in [0.29, 0.717) is 17.7 Å². The van der Waals surface area contributed by atoms with Crippen molar-refractivity contribution in [3.05, 3.63) is 74.7 Å². The zero-order chi connectivity index (χ0) is 16.6. The lowest BCUT2D eigenvalue weighted by Crippen LogP contribution is -2.28. The van der Waals surface area contributed by atoms with Crippen LogP contribution in [0.25, 0.3) is 5.57 Å². The molecule has 1 aliphatic rings. The summed E-state index contributed by atoms with van der Waals surface area (Å²) in [5.41, 5.74) is 5.45. The van der Waals surface area contributed by atoms with E-state index in [9.17, 15) is 9.59 Å². The van der Waals surface area contributed by atoms with Gasteiger partial charge in [0.1, 0.15) is 0 Å². The molecule has 1 unspecified atom stereocenters. The van der Waals surface area contributed by atoms with Crippen LogP contribution in [0.1, 0.15) is 29.3 Å². The van der Waals surface area contributed by atoms with Crippen LogP contribution in [0.3, 0.4) is 0 Å². The Morgan fingerprint density at radius 1 is 1.17 bits per heavy atom. The van der Waals surface area contributed by atoms with E-state index in [-0.39, 0.29) is 17.3 Å². The molecule has 4 heteroatoms. The summed E-state index contributed by atoms with van der Waals surface area (Å²) < 4.78 is 0. The molecule has 0 saturated carbocycles. The van der Waals surface area contributed by atoms with Gasteiger partial charge in [0.25, 0.3) is 0 Å². The highest BCUT2D eigenvalue weighted by atomic mass is 16.2. The molecule has 0 aliphatic heterocycles. The van der Waals surface area contributed by atoms with E-state index in [4.69, 9.17) is 0 Å². The molecule has 3 rings (SSSR count). The minimum atomic E-state index is -0.144. The summed E-state index contributed by atoms with van der Waals surface area (Å²) in [4.78, 5) is 27.4. The van der Waals surface area contributed by atoms with Crippen LogP contribution in [-0.2, 0) is 11.3 Å². The maximum atomic E-state index is 12.4. The van der Waals surface area contributed by atoms with E-state index < -0.39 is 0 Å². The first-order valence-electron chi connectivity index (χ1n) is 7.72. The zero-order valence-corrected chi connectivity index (χ0v) is 13.6. The summed E-state index contributed by atoms with van der Waals surface area (Å²) in [6.45, 7) is 5.89. The molecule has 0 fully saturated rings. The van der Waals surface area contributed by atoms with E-state index in [2.05, 4.69) is 10.3 Å². The SMILES string of the molecule is CC1=C(c2ccccc2)C1C(=O)NCc1[nH]cc(C)c(=O)c1C. The third kappa shape index (κ3) is 2.84. The van der Waals surface area contributed by atoms with Crippen molar-refractivity contribution >= 4 is 11.5 Å². The van der Waals surface area contributed by atoms with Crippen molar-refractivity contribution < 1.29 is 4.79 Å². The van der Waals surface area contributed by atoms with Crippen molar-refractivity contribution in [1.82, 2.24) is 10.3 Å². The Bertz CT molecular complexity index is 847. The smallest absolute Gasteiger partial charge is 0.232 e. The standard InChI is InChI=1S/C19H20N2O2/c1-11-9-20-15(12(2)18(11)22)10-21-19(23)17-13(3)16(17)14-7-5-4-6-8-14/h4-9,17H,10H2,1-3H3,(H,20,22)(H,21,23). The number of H-pyrrole nitrogens is 1. The number of benzene rings is 1. The predicted molar refractivity (Wildman–Crippen MR) is 90.9 cm³/mol. The van der Waals surface area contributed by atoms with E-state index in [1.807, 2.05) is 37.3 Å². The van der Waals surface area contributed by atoms with Gasteiger partial charge in [-0.1, -0.05) is 35.9 Å². The Hall–Kier alpha value is -2.62. The summed E-state index contributed by atoms with van der Waals surface area (Å²) in [5, 5.41) is 2.93. The fourth-order valence-electron chi connectivity index (χ4n) is 2.93. The van der Waals surface area contributed by atoms with Gasteiger partial charge in [0.2, 0.25) is 5.91 Å². The highest BCUT2D eigenvalue weighted by molar-refractivity contribution is 6.05. The lowest BCUT2D eigenvalue weighted by Gasteiger charge is -2.09. The largest absolute Gasteiger partial charge is 0.363 e. The number of nitrogens with one attached hydrogen (secondary N) is 2. The van der Waals surface area contributed by atoms with Gasteiger partial charge in [-0.05, 0) is 31.9 Å². The van der Waals surface area contributed by atoms with Crippen LogP contribution in [0.4, 0.5) is 0 Å². The van der Waals surface area contributed by atoms with Gasteiger partial charge in [0.15, 0.2) is 5.43 Å². The molecule has 1 aliphatic carbocycles. The molecular formula is C19H20N2O2. The quantitative estimate of drug-likeness (QED) is 0.912. The first-order valence-corrected chi connectivity index (χ1v) is 7.72. The van der Waals surface area contributed by atoms with Crippen LogP contribution in [0.15, 0.2) is 46.9 Å². The van der Waals surface area contributed by atoms with E-state index >= 15 is 0 Å². The number of aromatic nitrogens is 1. The number of amides is 1. The van der Waals surface area contributed by atoms with Gasteiger partial charge in [-0.25, -0.2) is 0 Å². The molecule has 1 heterocycles. The summed E-state index contributed by atoms with van der Waals surface area (Å²) in [7, 11) is 0. The average Bonchev–Trinajstić information content (AvgIpc) is 3.24. The number of carbonyl (C=O) groups excluding carboxylic acids is 1. The highest BCUT2D eigenvalue weighted by Gasteiger charge is 2.39. The summed E-state index contributed by atoms with van der Waals surface area (Å²) in [5.74, 6) is -0.156. The normalized spacial score (nSPS) is 16.4. The number of aryl methyl sites for hydroxylation is 1. The number of hydrogen-bond donors (Lipinski definition) is 2. The average molecular weight is 308 g/mol. The Morgan fingerprint density at radius 2 is 1.87 bits per heavy atom. The van der Waals surface area contributed by atoms with Crippen LogP contribution in [0.2, 0.25) is 0 Å². The molecule has 0 spiro atoms. The molecule has 4 nitrogen and oxygen atoms in total. The molecule has 0 bridgehead atoms. The molecule has 1 aromatic carbocycles. The van der Waals surface area contributed by atoms with Crippen molar-refractivity contribution in [3.63, 3.8) is 0 Å². The molecule has 1 aromatic heterocycles. The van der Waals surface area contributed by atoms with E-state index in [0.717, 1.165) is 22.4 Å². The maximum Gasteiger partial charge on any atom is 0.232 e. The number of pyridine rings is 1. The van der Waals surface area contributed by atoms with E-state index in [1.54, 1.807) is 20.0 Å². The Morgan fingerprint density at radius 3 is 2.57 bits per heavy atom. The van der Waals surface area contributed by atoms with Crippen molar-refractivity contribution in [3.8, 4) is 0 Å². The second-order valence-corrected chi connectivity index (χ2v) is 6.02. The molecule has 1 amide bonds. The highest BCUT2D eigenvalue weighted by Crippen LogP contribution is 2.46. The molecule has 2 aromatic rings. The van der Waals surface area contributed by atoms with Gasteiger partial charge in [-0.2, -0.15) is 0 Å². The summed E-state index contributed by atoms with van der Waals surface area (Å²) in [6.07, 6.45) is 1.69. The second kappa shape index (κ2) is 5.88. The second-order valence-electron chi connectivity index (χ2n) is 6.02. The van der Waals surface area contributed by atoms with Crippen LogP contribution in [0, 0.1) is 19.8 Å². The third-order valence-corrected chi connectivity index (χ3v) is 4.46. The van der Waals surface area contributed by atoms with Crippen molar-refractivity contribution in [2.24, 2.45) is 5.92 Å². The van der Waals surface area contributed by atoms with Crippen LogP contribution in [0.5, 0.6) is 0 Å². The Kier molecular flexibility index (Phi) is 3.90. The minimum Gasteiger partial charge on any atom is -0.363 e. The van der Waals surface area contributed by atoms with E-state index in [1.165, 1.54) is 0 Å². The molecule has 1 atom stereocenters. The minimum absolute atomic E-state index is 0.0119. The third-order valence-electron chi connectivity index (χ3n) is 4.46. The van der Waals surface area contributed by atoms with Gasteiger partial charge in [-0.15, -0.1) is 0 Å². The fraction of sp³-hybridized carbons (Fsp3) is 0.263. The first-order chi connectivity index (χ1) is 11.0. The van der Waals surface area contributed by atoms with Crippen molar-refractivity contribution in [2.45, 2.75) is 27.3 Å². The lowest BCUT2D eigenvalue weighted by atomic mass is 10.1. The Balaban J connectivity index is 1.66. The van der Waals surface area contributed by atoms with Crippen LogP contribution < -0.4 is 10.7 Å². The van der Waals surface area contributed by atoms with Gasteiger partial charge in [0.05, 0.1) is 12.5 Å². The number of aromatic amines is 1. The fourth-order valence-corrected chi connectivity index (χ4v) is 2.93. The maximum absolute atomic E-state index is 12.4. The summed E-state index contributed by atoms with van der Waals surface area (Å²) >= 11 is 0. The number of rotatable bonds is 4. The number of hydrogen-bond acceptors (Lipinski definition) is 2. The lowest BCUT2D eigenvalue weighted by molar-refractivity contribution is -0.121. The van der Waals surface area contributed by atoms with Crippen LogP contribution >= 0.6 is 0 Å². The van der Waals surface area contributed by atoms with Gasteiger partial charge in [-0.3, -0.25) is 9.59 Å². The van der Waals surface area contributed by atoms with Crippen molar-refractivity contribution in [2.75, 3.05) is 0 Å². The first kappa shape index (κ1) is 15.3. The zero-order valence-electron chi connectivity index (χ0n) is 13.6. The van der Waals surface area contributed by atoms with Crippen LogP contribution in [-0.4, -0.2) is 10.9 Å². The van der Waals surface area contributed by atoms with Gasteiger partial charge < -0.3 is 10.3 Å². The molecular weight excluding hydrogens is 288 g/mol. The predicted octanol–water partition coefficient (Wildman–Crippen LogP) is 2.71. The monoisotopic (exact) mass is 308 g/mol. The number of carbonyl (C=O) groups is 1. The van der Waals surface area contributed by atoms with Crippen molar-refractivity contribution in [1.29, 1.82) is 0 Å². The Labute approximate surface area is 135 Å². The molecule has 0 saturated heterocycles. The molecule has 0 radical (unpaired) electrons.